The van der Waals surface area contributed by atoms with E-state index in [1.807, 2.05) is 13.0 Å². The van der Waals surface area contributed by atoms with Crippen LogP contribution in [0, 0.1) is 20.8 Å². The molecule has 5 nitrogen and oxygen atoms in total. The van der Waals surface area contributed by atoms with Gasteiger partial charge in [-0.15, -0.1) is 0 Å². The Morgan fingerprint density at radius 1 is 1.37 bits per heavy atom. The van der Waals surface area contributed by atoms with Crippen LogP contribution in [-0.4, -0.2) is 16.2 Å². The number of nitrogens with zero attached hydrogens (tertiary/aromatic N) is 1. The standard InChI is InChI=1S/C14H16N2O3/c1-8-4-5-12(13(17)6-8)15-14(18)7-11-9(2)16-19-10(11)3/h4-6,17H,7H2,1-3H3,(H,15,18). The predicted molar refractivity (Wildman–Crippen MR) is 71.2 cm³/mol. The van der Waals surface area contributed by atoms with Gasteiger partial charge in [-0.1, -0.05) is 11.2 Å². The first-order valence-electron chi connectivity index (χ1n) is 5.98. The van der Waals surface area contributed by atoms with E-state index in [1.54, 1.807) is 26.0 Å². The Balaban J connectivity index is 2.10. The van der Waals surface area contributed by atoms with Crippen LogP contribution in [0.3, 0.4) is 0 Å². The van der Waals surface area contributed by atoms with Gasteiger partial charge in [-0.2, -0.15) is 0 Å². The van der Waals surface area contributed by atoms with Crippen LogP contribution in [-0.2, 0) is 11.2 Å². The largest absolute Gasteiger partial charge is 0.506 e. The first kappa shape index (κ1) is 13.1. The van der Waals surface area contributed by atoms with Crippen LogP contribution in [0.15, 0.2) is 22.7 Å². The maximum Gasteiger partial charge on any atom is 0.229 e. The zero-order chi connectivity index (χ0) is 14.0. The van der Waals surface area contributed by atoms with Gasteiger partial charge in [-0.25, -0.2) is 0 Å². The van der Waals surface area contributed by atoms with E-state index >= 15 is 0 Å². The lowest BCUT2D eigenvalue weighted by Crippen LogP contribution is -2.15. The molecule has 0 spiro atoms. The Kier molecular flexibility index (Phi) is 3.55. The van der Waals surface area contributed by atoms with Crippen LogP contribution in [0.1, 0.15) is 22.6 Å². The highest BCUT2D eigenvalue weighted by Crippen LogP contribution is 2.24. The zero-order valence-electron chi connectivity index (χ0n) is 11.2. The number of hydrogen-bond donors (Lipinski definition) is 2. The Bertz CT molecular complexity index is 598. The summed E-state index contributed by atoms with van der Waals surface area (Å²) in [7, 11) is 0. The molecular weight excluding hydrogens is 244 g/mol. The Morgan fingerprint density at radius 3 is 2.68 bits per heavy atom. The third-order valence-electron chi connectivity index (χ3n) is 2.95. The monoisotopic (exact) mass is 260 g/mol. The number of rotatable bonds is 3. The highest BCUT2D eigenvalue weighted by Gasteiger charge is 2.14. The minimum absolute atomic E-state index is 0.0621. The maximum atomic E-state index is 11.9. The van der Waals surface area contributed by atoms with Crippen LogP contribution >= 0.6 is 0 Å². The summed E-state index contributed by atoms with van der Waals surface area (Å²) in [6.45, 7) is 5.43. The Labute approximate surface area is 111 Å². The number of carbonyl (C=O) groups excluding carboxylic acids is 1. The van der Waals surface area contributed by atoms with Gasteiger partial charge in [0.2, 0.25) is 5.91 Å². The van der Waals surface area contributed by atoms with Gasteiger partial charge in [0.25, 0.3) is 0 Å². The van der Waals surface area contributed by atoms with Crippen LogP contribution in [0.5, 0.6) is 5.75 Å². The van der Waals surface area contributed by atoms with Crippen molar-refractivity contribution in [3.8, 4) is 5.75 Å². The predicted octanol–water partition coefficient (Wildman–Crippen LogP) is 2.49. The fraction of sp³-hybridized carbons (Fsp3) is 0.286. The zero-order valence-corrected chi connectivity index (χ0v) is 11.2. The number of aryl methyl sites for hydroxylation is 3. The van der Waals surface area contributed by atoms with Gasteiger partial charge >= 0.3 is 0 Å². The van der Waals surface area contributed by atoms with Crippen molar-refractivity contribution in [2.24, 2.45) is 0 Å². The van der Waals surface area contributed by atoms with Gasteiger partial charge in [-0.3, -0.25) is 4.79 Å². The molecule has 0 bridgehead atoms. The normalized spacial score (nSPS) is 10.5. The lowest BCUT2D eigenvalue weighted by atomic mass is 10.1. The Morgan fingerprint density at radius 2 is 2.11 bits per heavy atom. The molecule has 0 aliphatic rings. The minimum atomic E-state index is -0.214. The second-order valence-corrected chi connectivity index (χ2v) is 4.55. The fourth-order valence-electron chi connectivity index (χ4n) is 1.86. The van der Waals surface area contributed by atoms with Gasteiger partial charge in [0.05, 0.1) is 17.8 Å². The van der Waals surface area contributed by atoms with Gasteiger partial charge < -0.3 is 14.9 Å². The quantitative estimate of drug-likeness (QED) is 0.831. The maximum absolute atomic E-state index is 11.9. The molecular formula is C14H16N2O3. The number of hydrogen-bond acceptors (Lipinski definition) is 4. The average Bonchev–Trinajstić information content (AvgIpc) is 2.65. The van der Waals surface area contributed by atoms with Crippen molar-refractivity contribution in [2.75, 3.05) is 5.32 Å². The number of aromatic hydroxyl groups is 1. The molecule has 5 heteroatoms. The number of benzene rings is 1. The molecule has 1 heterocycles. The number of nitrogens with one attached hydrogen (secondary N) is 1. The average molecular weight is 260 g/mol. The van der Waals surface area contributed by atoms with Crippen molar-refractivity contribution in [1.29, 1.82) is 0 Å². The summed E-state index contributed by atoms with van der Waals surface area (Å²) in [5.41, 5.74) is 2.83. The SMILES string of the molecule is Cc1ccc(NC(=O)Cc2c(C)noc2C)c(O)c1. The molecule has 1 amide bonds. The highest BCUT2D eigenvalue weighted by atomic mass is 16.5. The van der Waals surface area contributed by atoms with Crippen LogP contribution < -0.4 is 5.32 Å². The van der Waals surface area contributed by atoms with E-state index in [0.29, 0.717) is 17.1 Å². The van der Waals surface area contributed by atoms with E-state index in [9.17, 15) is 9.90 Å². The first-order chi connectivity index (χ1) is 8.97. The molecule has 0 atom stereocenters. The van der Waals surface area contributed by atoms with E-state index < -0.39 is 0 Å². The van der Waals surface area contributed by atoms with Crippen molar-refractivity contribution in [3.05, 3.63) is 40.8 Å². The van der Waals surface area contributed by atoms with E-state index in [2.05, 4.69) is 10.5 Å². The molecule has 1 aromatic carbocycles. The first-order valence-corrected chi connectivity index (χ1v) is 5.98. The number of aromatic nitrogens is 1. The molecule has 2 rings (SSSR count). The molecule has 0 saturated heterocycles. The molecule has 2 N–H and O–H groups in total. The second kappa shape index (κ2) is 5.14. The van der Waals surface area contributed by atoms with Gasteiger partial charge in [0.15, 0.2) is 0 Å². The fourth-order valence-corrected chi connectivity index (χ4v) is 1.86. The molecule has 0 saturated carbocycles. The number of anilines is 1. The molecule has 0 radical (unpaired) electrons. The van der Waals surface area contributed by atoms with E-state index in [4.69, 9.17) is 4.52 Å². The van der Waals surface area contributed by atoms with Gasteiger partial charge in [-0.05, 0) is 38.5 Å². The summed E-state index contributed by atoms with van der Waals surface area (Å²) >= 11 is 0. The Hall–Kier alpha value is -2.30. The summed E-state index contributed by atoms with van der Waals surface area (Å²) in [6.07, 6.45) is 0.175. The molecule has 2 aromatic rings. The molecule has 1 aromatic heterocycles. The summed E-state index contributed by atoms with van der Waals surface area (Å²) in [5.74, 6) is 0.487. The molecule has 0 fully saturated rings. The van der Waals surface area contributed by atoms with Gasteiger partial charge in [0.1, 0.15) is 11.5 Å². The van der Waals surface area contributed by atoms with E-state index in [-0.39, 0.29) is 18.1 Å². The summed E-state index contributed by atoms with van der Waals surface area (Å²) in [4.78, 5) is 11.9. The van der Waals surface area contributed by atoms with Crippen LogP contribution in [0.4, 0.5) is 5.69 Å². The van der Waals surface area contributed by atoms with Crippen molar-refractivity contribution in [2.45, 2.75) is 27.2 Å². The lowest BCUT2D eigenvalue weighted by Gasteiger charge is -2.07. The summed E-state index contributed by atoms with van der Waals surface area (Å²) in [5, 5.41) is 16.2. The van der Waals surface area contributed by atoms with Crippen molar-refractivity contribution in [3.63, 3.8) is 0 Å². The van der Waals surface area contributed by atoms with Crippen LogP contribution in [0.25, 0.3) is 0 Å². The van der Waals surface area contributed by atoms with Crippen LogP contribution in [0.2, 0.25) is 0 Å². The van der Waals surface area contributed by atoms with Gasteiger partial charge in [0, 0.05) is 5.56 Å². The highest BCUT2D eigenvalue weighted by molar-refractivity contribution is 5.93. The number of carbonyl (C=O) groups is 1. The van der Waals surface area contributed by atoms with E-state index in [1.165, 1.54) is 0 Å². The summed E-state index contributed by atoms with van der Waals surface area (Å²) in [6, 6.07) is 5.10. The number of phenolic OH excluding ortho intramolecular Hbond substituents is 1. The lowest BCUT2D eigenvalue weighted by molar-refractivity contribution is -0.115. The molecule has 100 valence electrons. The van der Waals surface area contributed by atoms with Crippen molar-refractivity contribution in [1.82, 2.24) is 5.16 Å². The van der Waals surface area contributed by atoms with Crippen molar-refractivity contribution >= 4 is 11.6 Å². The topological polar surface area (TPSA) is 75.4 Å². The number of amides is 1. The minimum Gasteiger partial charge on any atom is -0.506 e. The molecule has 19 heavy (non-hydrogen) atoms. The number of phenols is 1. The molecule has 0 aliphatic heterocycles. The molecule has 0 unspecified atom stereocenters. The molecule has 0 aliphatic carbocycles. The van der Waals surface area contributed by atoms with E-state index in [0.717, 1.165) is 11.1 Å². The third-order valence-corrected chi connectivity index (χ3v) is 2.95. The third kappa shape index (κ3) is 2.93. The summed E-state index contributed by atoms with van der Waals surface area (Å²) < 4.78 is 5.01. The second-order valence-electron chi connectivity index (χ2n) is 4.55. The smallest absolute Gasteiger partial charge is 0.229 e. The van der Waals surface area contributed by atoms with Crippen molar-refractivity contribution < 1.29 is 14.4 Å².